The van der Waals surface area contributed by atoms with Crippen molar-refractivity contribution in [2.45, 2.75) is 154 Å². The average Bonchev–Trinajstić information content (AvgIpc) is 1.86. The minimum absolute atomic E-state index is 0.0118. The number of anilines is 8. The molecule has 0 N–H and O–H groups in total. The first-order chi connectivity index (χ1) is 40.6. The van der Waals surface area contributed by atoms with Crippen LogP contribution in [0, 0.1) is 12.1 Å². The SMILES string of the molecule is CC(C)(C)c1ccc(N2c3cc4c#cc5ccccc5c4cc3B3c4cc5c(cc4N(c4cccc6c4sc4ccccc46)c4cc(N6c7ccc(C(C)(C)C)cc7C7(C)CCCCC67C)cc2c43)C(C)(C)CCC5(C)C)c(-c2ccccc2)c1. The third-order valence-corrected chi connectivity index (χ3v) is 23.0. The summed E-state index contributed by atoms with van der Waals surface area (Å²) in [6.07, 6.45) is 6.96. The van der Waals surface area contributed by atoms with E-state index < -0.39 is 0 Å². The average molecular weight is 1120 g/mol. The first-order valence-corrected chi connectivity index (χ1v) is 32.3. The molecule has 0 saturated heterocycles. The number of benzene rings is 9. The summed E-state index contributed by atoms with van der Waals surface area (Å²) in [5.74, 6) is 0. The van der Waals surface area contributed by atoms with Crippen LogP contribution in [0.25, 0.3) is 52.8 Å². The van der Waals surface area contributed by atoms with Crippen molar-refractivity contribution in [2.75, 3.05) is 14.7 Å². The topological polar surface area (TPSA) is 9.72 Å². The van der Waals surface area contributed by atoms with E-state index in [2.05, 4.69) is 280 Å². The molecule has 0 amide bonds. The number of hydrogen-bond acceptors (Lipinski definition) is 4. The lowest BCUT2D eigenvalue weighted by atomic mass is 9.33. The summed E-state index contributed by atoms with van der Waals surface area (Å²) in [6.45, 7) is 29.3. The van der Waals surface area contributed by atoms with Crippen molar-refractivity contribution in [2.24, 2.45) is 0 Å². The van der Waals surface area contributed by atoms with Crippen molar-refractivity contribution >= 4 is 122 Å². The van der Waals surface area contributed by atoms with Gasteiger partial charge in [-0.1, -0.05) is 210 Å². The maximum absolute atomic E-state index is 3.77. The molecule has 0 spiro atoms. The Kier molecular flexibility index (Phi) is 11.1. The summed E-state index contributed by atoms with van der Waals surface area (Å²) in [5, 5.41) is 7.21. The lowest BCUT2D eigenvalue weighted by molar-refractivity contribution is 0.195. The van der Waals surface area contributed by atoms with Crippen LogP contribution in [-0.2, 0) is 27.1 Å². The molecular formula is C80H76BN3S. The number of thiophene rings is 1. The quantitative estimate of drug-likeness (QED) is 0.163. The van der Waals surface area contributed by atoms with Crippen LogP contribution >= 0.6 is 11.3 Å². The molecule has 420 valence electrons. The van der Waals surface area contributed by atoms with Gasteiger partial charge >= 0.3 is 0 Å². The third-order valence-electron chi connectivity index (χ3n) is 21.8. The molecule has 2 unspecified atom stereocenters. The van der Waals surface area contributed by atoms with E-state index in [1.54, 1.807) is 0 Å². The van der Waals surface area contributed by atoms with Crippen LogP contribution in [0.4, 0.5) is 45.5 Å². The second-order valence-electron chi connectivity index (χ2n) is 29.7. The van der Waals surface area contributed by atoms with Crippen LogP contribution in [0.2, 0.25) is 0 Å². The van der Waals surface area contributed by atoms with Crippen molar-refractivity contribution in [3.63, 3.8) is 0 Å². The second kappa shape index (κ2) is 17.9. The van der Waals surface area contributed by atoms with E-state index in [0.717, 1.165) is 36.5 Å². The Morgan fingerprint density at radius 3 is 1.79 bits per heavy atom. The summed E-state index contributed by atoms with van der Waals surface area (Å²) < 4.78 is 2.64. The molecule has 11 aromatic rings. The number of rotatable bonds is 4. The first-order valence-electron chi connectivity index (χ1n) is 31.5. The van der Waals surface area contributed by atoms with Gasteiger partial charge < -0.3 is 14.7 Å². The van der Waals surface area contributed by atoms with E-state index in [1.165, 1.54) is 145 Å². The van der Waals surface area contributed by atoms with Gasteiger partial charge in [-0.15, -0.1) is 11.3 Å². The molecule has 10 aromatic carbocycles. The van der Waals surface area contributed by atoms with Gasteiger partial charge in [-0.2, -0.15) is 0 Å². The van der Waals surface area contributed by atoms with Crippen molar-refractivity contribution in [3.05, 3.63) is 210 Å². The molecule has 4 heterocycles. The Labute approximate surface area is 508 Å². The van der Waals surface area contributed by atoms with E-state index in [9.17, 15) is 0 Å². The van der Waals surface area contributed by atoms with E-state index >= 15 is 0 Å². The van der Waals surface area contributed by atoms with Crippen LogP contribution in [0.5, 0.6) is 0 Å². The van der Waals surface area contributed by atoms with Crippen molar-refractivity contribution < 1.29 is 0 Å². The molecule has 3 nitrogen and oxygen atoms in total. The van der Waals surface area contributed by atoms with Crippen LogP contribution in [0.3, 0.4) is 0 Å². The zero-order valence-corrected chi connectivity index (χ0v) is 52.6. The van der Waals surface area contributed by atoms with Gasteiger partial charge in [0, 0.05) is 71.3 Å². The van der Waals surface area contributed by atoms with Crippen LogP contribution < -0.4 is 31.1 Å². The van der Waals surface area contributed by atoms with E-state index in [1.807, 2.05) is 11.3 Å². The Morgan fingerprint density at radius 1 is 0.447 bits per heavy atom. The molecule has 2 aliphatic carbocycles. The molecule has 1 aromatic heterocycles. The van der Waals surface area contributed by atoms with Gasteiger partial charge in [0.1, 0.15) is 0 Å². The fourth-order valence-electron chi connectivity index (χ4n) is 16.6. The second-order valence-corrected chi connectivity index (χ2v) is 30.8. The minimum Gasteiger partial charge on any atom is -0.334 e. The maximum atomic E-state index is 3.77. The van der Waals surface area contributed by atoms with Crippen LogP contribution in [0.15, 0.2) is 170 Å². The number of hydrogen-bond donors (Lipinski definition) is 0. The molecule has 2 atom stereocenters. The Bertz CT molecular complexity index is 4640. The molecular weight excluding hydrogens is 1050 g/mol. The Morgan fingerprint density at radius 2 is 1.05 bits per heavy atom. The molecule has 16 rings (SSSR count). The van der Waals surface area contributed by atoms with Crippen LogP contribution in [-0.4, -0.2) is 12.3 Å². The Balaban J connectivity index is 1.10. The van der Waals surface area contributed by atoms with Crippen molar-refractivity contribution in [1.82, 2.24) is 0 Å². The monoisotopic (exact) mass is 1120 g/mol. The molecule has 3 aliphatic heterocycles. The lowest BCUT2D eigenvalue weighted by Gasteiger charge is -2.51. The predicted octanol–water partition coefficient (Wildman–Crippen LogP) is 20.4. The first kappa shape index (κ1) is 52.8. The summed E-state index contributed by atoms with van der Waals surface area (Å²) in [5.41, 5.74) is 23.2. The van der Waals surface area contributed by atoms with Gasteiger partial charge in [0.15, 0.2) is 0 Å². The highest BCUT2D eigenvalue weighted by atomic mass is 32.1. The molecule has 0 bridgehead atoms. The maximum Gasteiger partial charge on any atom is 0.252 e. The minimum atomic E-state index is -0.203. The molecule has 5 aliphatic rings. The molecule has 1 saturated carbocycles. The highest BCUT2D eigenvalue weighted by Crippen LogP contribution is 2.63. The van der Waals surface area contributed by atoms with Crippen LogP contribution in [0.1, 0.15) is 149 Å². The molecule has 0 radical (unpaired) electrons. The van der Waals surface area contributed by atoms with Gasteiger partial charge in [-0.25, -0.2) is 0 Å². The van der Waals surface area contributed by atoms with Gasteiger partial charge in [-0.05, 0) is 175 Å². The van der Waals surface area contributed by atoms with Gasteiger partial charge in [-0.3, -0.25) is 0 Å². The number of fused-ring (bicyclic) bond motifs is 14. The highest BCUT2D eigenvalue weighted by molar-refractivity contribution is 7.26. The van der Waals surface area contributed by atoms with Gasteiger partial charge in [0.25, 0.3) is 6.71 Å². The highest BCUT2D eigenvalue weighted by Gasteiger charge is 2.58. The number of nitrogens with zero attached hydrogens (tertiary/aromatic N) is 3. The molecule has 1 fully saturated rings. The van der Waals surface area contributed by atoms with E-state index in [-0.39, 0.29) is 39.3 Å². The molecule has 5 heteroatoms. The summed E-state index contributed by atoms with van der Waals surface area (Å²) in [4.78, 5) is 8.34. The van der Waals surface area contributed by atoms with E-state index in [0.29, 0.717) is 0 Å². The third kappa shape index (κ3) is 7.53. The van der Waals surface area contributed by atoms with Crippen molar-refractivity contribution in [1.29, 1.82) is 0 Å². The van der Waals surface area contributed by atoms with Gasteiger partial charge in [0.2, 0.25) is 0 Å². The smallest absolute Gasteiger partial charge is 0.252 e. The van der Waals surface area contributed by atoms with Gasteiger partial charge in [0.05, 0.1) is 21.6 Å². The zero-order chi connectivity index (χ0) is 58.5. The summed E-state index contributed by atoms with van der Waals surface area (Å²) in [6, 6.07) is 74.4. The summed E-state index contributed by atoms with van der Waals surface area (Å²) >= 11 is 1.94. The summed E-state index contributed by atoms with van der Waals surface area (Å²) in [7, 11) is 0. The fourth-order valence-corrected chi connectivity index (χ4v) is 17.8. The predicted molar refractivity (Wildman–Crippen MR) is 367 cm³/mol. The van der Waals surface area contributed by atoms with Crippen molar-refractivity contribution in [3.8, 4) is 11.1 Å². The lowest BCUT2D eigenvalue weighted by Crippen LogP contribution is -2.62. The zero-order valence-electron chi connectivity index (χ0n) is 51.7. The fraction of sp³-hybridized carbons (Fsp3) is 0.300. The molecule has 85 heavy (non-hydrogen) atoms. The van der Waals surface area contributed by atoms with E-state index in [4.69, 9.17) is 0 Å². The standard InChI is InChI=1S/C80H76BN3S/c1-75(2,3)52-33-35-65(59(42-52)49-23-14-13-15-24-49)82-68-41-51-32-31-50-25-16-17-26-55(50)58(51)46-63(68)81-64-47-60-61(78(9,10)40-39-77(60,7)8)48-69(64)83(67-29-22-28-57-56-27-18-19-30-72(56)85-74(57)67)71-45-54(44-70(82)73(71)81)84-66-36-34-53(76(4,5)6)43-62(66)79(11)37-20-21-38-80(79,84)12/h13-19,22-30,33-36,41-48H,20-21,37-40H2,1-12H3. The Hall–Kier alpha value is -7.78. The largest absolute Gasteiger partial charge is 0.334 e. The normalized spacial score (nSPS) is 20.0.